The molecule has 0 heterocycles. The topological polar surface area (TPSA) is 20.2 Å². The van der Waals surface area contributed by atoms with Gasteiger partial charge in [-0.25, -0.2) is 0 Å². The first kappa shape index (κ1) is 19.2. The van der Waals surface area contributed by atoms with Crippen LogP contribution in [0.3, 0.4) is 0 Å². The van der Waals surface area contributed by atoms with Gasteiger partial charge in [0.2, 0.25) is 0 Å². The Morgan fingerprint density at radius 3 is 2.56 bits per heavy atom. The third-order valence-corrected chi connectivity index (χ3v) is 8.70. The Morgan fingerprint density at radius 1 is 1.12 bits per heavy atom. The van der Waals surface area contributed by atoms with Crippen molar-refractivity contribution in [2.45, 2.75) is 91.6 Å². The maximum atomic E-state index is 10.3. The minimum atomic E-state index is -0.0974. The molecule has 0 bridgehead atoms. The average Bonchev–Trinajstić information content (AvgIpc) is 2.90. The van der Waals surface area contributed by atoms with Gasteiger partial charge in [0, 0.05) is 0 Å². The van der Waals surface area contributed by atoms with Crippen molar-refractivity contribution < 1.29 is 5.11 Å². The normalized spacial score (nSPS) is 48.0. The van der Waals surface area contributed by atoms with Gasteiger partial charge >= 0.3 is 0 Å². The molecule has 0 spiro atoms. The summed E-state index contributed by atoms with van der Waals surface area (Å²) in [5.41, 5.74) is 2.29. The summed E-state index contributed by atoms with van der Waals surface area (Å²) >= 11 is 0. The molecule has 0 saturated heterocycles. The Kier molecular flexibility index (Phi) is 5.55. The molecule has 3 aliphatic rings. The van der Waals surface area contributed by atoms with E-state index in [1.807, 2.05) is 0 Å². The molecule has 1 nitrogen and oxygen atoms in total. The summed E-state index contributed by atoms with van der Waals surface area (Å²) in [6.07, 6.45) is 15.6. The van der Waals surface area contributed by atoms with Gasteiger partial charge in [0.1, 0.15) is 0 Å². The van der Waals surface area contributed by atoms with E-state index in [1.54, 1.807) is 0 Å². The number of allylic oxidation sites excluding steroid dienone is 3. The van der Waals surface area contributed by atoms with Crippen LogP contribution in [-0.4, -0.2) is 11.2 Å². The molecule has 1 N–H and O–H groups in total. The summed E-state index contributed by atoms with van der Waals surface area (Å²) in [6, 6.07) is 0. The van der Waals surface area contributed by atoms with Gasteiger partial charge in [0.05, 0.1) is 6.10 Å². The molecule has 3 saturated carbocycles. The second kappa shape index (κ2) is 7.22. The average molecular weight is 345 g/mol. The van der Waals surface area contributed by atoms with Crippen LogP contribution in [0.1, 0.15) is 85.5 Å². The Hall–Kier alpha value is -0.560. The molecule has 3 aliphatic carbocycles. The molecule has 0 radical (unpaired) electrons. The Labute approximate surface area is 156 Å². The van der Waals surface area contributed by atoms with Crippen molar-refractivity contribution in [3.05, 3.63) is 24.3 Å². The van der Waals surface area contributed by atoms with E-state index in [0.717, 1.165) is 37.0 Å². The van der Waals surface area contributed by atoms with Gasteiger partial charge in [-0.2, -0.15) is 0 Å². The van der Waals surface area contributed by atoms with Gasteiger partial charge in [-0.3, -0.25) is 0 Å². The van der Waals surface area contributed by atoms with Crippen molar-refractivity contribution in [1.29, 1.82) is 0 Å². The van der Waals surface area contributed by atoms with Crippen LogP contribution in [0.25, 0.3) is 0 Å². The predicted molar refractivity (Wildman–Crippen MR) is 107 cm³/mol. The van der Waals surface area contributed by atoms with E-state index in [2.05, 4.69) is 46.4 Å². The first-order valence-corrected chi connectivity index (χ1v) is 10.9. The highest BCUT2D eigenvalue weighted by Gasteiger charge is 2.55. The fourth-order valence-corrected chi connectivity index (χ4v) is 6.98. The maximum absolute atomic E-state index is 10.3. The Bertz CT molecular complexity index is 520. The van der Waals surface area contributed by atoms with Crippen LogP contribution in [0, 0.1) is 34.5 Å². The van der Waals surface area contributed by atoms with Crippen molar-refractivity contribution in [2.24, 2.45) is 34.5 Å². The molecule has 2 unspecified atom stereocenters. The predicted octanol–water partition coefficient (Wildman–Crippen LogP) is 6.53. The number of aliphatic hydroxyl groups excluding tert-OH is 1. The Balaban J connectivity index is 1.90. The molecule has 142 valence electrons. The largest absolute Gasteiger partial charge is 0.393 e. The molecule has 0 aromatic heterocycles. The van der Waals surface area contributed by atoms with Crippen LogP contribution >= 0.6 is 0 Å². The first-order chi connectivity index (χ1) is 11.9. The zero-order valence-electron chi connectivity index (χ0n) is 17.1. The van der Waals surface area contributed by atoms with Crippen molar-refractivity contribution in [1.82, 2.24) is 0 Å². The standard InChI is InChI=1S/C24H40O/c1-6-8-9-18-16-19(25)12-14-24(18,5)22-13-15-23(4)17(3)10-11-21(23)20(22)7-2/h8-9,18-22,25H,3,6-7,10-16H2,1-2,4-5H3/b9-8+/t18-,19-,20-,21?,22?,23+,24-/m0/s1. The molecule has 0 aromatic carbocycles. The summed E-state index contributed by atoms with van der Waals surface area (Å²) in [4.78, 5) is 0. The quantitative estimate of drug-likeness (QED) is 0.575. The number of fused-ring (bicyclic) bond motifs is 1. The monoisotopic (exact) mass is 344 g/mol. The highest BCUT2D eigenvalue weighted by atomic mass is 16.3. The molecule has 3 fully saturated rings. The number of hydrogen-bond donors (Lipinski definition) is 1. The lowest BCUT2D eigenvalue weighted by molar-refractivity contribution is -0.0693. The lowest BCUT2D eigenvalue weighted by Gasteiger charge is -2.56. The number of hydrogen-bond acceptors (Lipinski definition) is 1. The summed E-state index contributed by atoms with van der Waals surface area (Å²) in [5, 5.41) is 10.3. The van der Waals surface area contributed by atoms with Crippen LogP contribution in [-0.2, 0) is 0 Å². The third kappa shape index (κ3) is 3.15. The van der Waals surface area contributed by atoms with Crippen molar-refractivity contribution in [2.75, 3.05) is 0 Å². The van der Waals surface area contributed by atoms with Gasteiger partial charge in [-0.05, 0) is 85.9 Å². The molecule has 0 amide bonds. The molecule has 0 aliphatic heterocycles. The smallest absolute Gasteiger partial charge is 0.0546 e. The van der Waals surface area contributed by atoms with Gasteiger partial charge in [-0.15, -0.1) is 0 Å². The fraction of sp³-hybridized carbons (Fsp3) is 0.833. The lowest BCUT2D eigenvalue weighted by Crippen LogP contribution is -2.49. The second-order valence-electron chi connectivity index (χ2n) is 9.76. The SMILES string of the molecule is C=C1CCC2[C@H](CC)C([C@@]3(C)CC[C@H](O)C[C@@H]3/C=C/CC)CC[C@]12C. The van der Waals surface area contributed by atoms with Crippen molar-refractivity contribution >= 4 is 0 Å². The number of rotatable bonds is 4. The molecule has 3 rings (SSSR count). The first-order valence-electron chi connectivity index (χ1n) is 10.9. The minimum Gasteiger partial charge on any atom is -0.393 e. The van der Waals surface area contributed by atoms with Crippen molar-refractivity contribution in [3.8, 4) is 0 Å². The highest BCUT2D eigenvalue weighted by Crippen LogP contribution is 2.64. The van der Waals surface area contributed by atoms with Gasteiger partial charge in [0.25, 0.3) is 0 Å². The zero-order valence-corrected chi connectivity index (χ0v) is 17.1. The Morgan fingerprint density at radius 2 is 1.88 bits per heavy atom. The van der Waals surface area contributed by atoms with E-state index >= 15 is 0 Å². The van der Waals surface area contributed by atoms with Crippen LogP contribution in [0.5, 0.6) is 0 Å². The lowest BCUT2D eigenvalue weighted by atomic mass is 9.49. The molecule has 1 heteroatoms. The molecule has 7 atom stereocenters. The van der Waals surface area contributed by atoms with Gasteiger partial charge < -0.3 is 5.11 Å². The zero-order chi connectivity index (χ0) is 18.2. The second-order valence-corrected chi connectivity index (χ2v) is 9.76. The van der Waals surface area contributed by atoms with Crippen LogP contribution in [0.2, 0.25) is 0 Å². The molecule has 0 aromatic rings. The molecular weight excluding hydrogens is 304 g/mol. The van der Waals surface area contributed by atoms with Gasteiger partial charge in [0.15, 0.2) is 0 Å². The van der Waals surface area contributed by atoms with E-state index in [-0.39, 0.29) is 6.10 Å². The third-order valence-electron chi connectivity index (χ3n) is 8.70. The summed E-state index contributed by atoms with van der Waals surface area (Å²) in [6.45, 7) is 14.2. The highest BCUT2D eigenvalue weighted by molar-refractivity contribution is 5.21. The van der Waals surface area contributed by atoms with Crippen LogP contribution in [0.4, 0.5) is 0 Å². The molecule has 25 heavy (non-hydrogen) atoms. The summed E-state index contributed by atoms with van der Waals surface area (Å²) in [7, 11) is 0. The van der Waals surface area contributed by atoms with Crippen molar-refractivity contribution in [3.63, 3.8) is 0 Å². The van der Waals surface area contributed by atoms with E-state index in [0.29, 0.717) is 16.7 Å². The van der Waals surface area contributed by atoms with Crippen LogP contribution < -0.4 is 0 Å². The van der Waals surface area contributed by atoms with E-state index in [1.165, 1.54) is 44.1 Å². The van der Waals surface area contributed by atoms with Crippen LogP contribution in [0.15, 0.2) is 24.3 Å². The number of aliphatic hydroxyl groups is 1. The summed E-state index contributed by atoms with van der Waals surface area (Å²) in [5.74, 6) is 3.02. The van der Waals surface area contributed by atoms with E-state index < -0.39 is 0 Å². The van der Waals surface area contributed by atoms with E-state index in [4.69, 9.17) is 0 Å². The minimum absolute atomic E-state index is 0.0974. The fourth-order valence-electron chi connectivity index (χ4n) is 6.98. The maximum Gasteiger partial charge on any atom is 0.0546 e. The van der Waals surface area contributed by atoms with Gasteiger partial charge in [-0.1, -0.05) is 58.4 Å². The van der Waals surface area contributed by atoms with E-state index in [9.17, 15) is 5.11 Å². The summed E-state index contributed by atoms with van der Waals surface area (Å²) < 4.78 is 0. The molecular formula is C24H40O.